The molecule has 1 N–H and O–H groups in total. The van der Waals surface area contributed by atoms with Crippen LogP contribution in [-0.4, -0.2) is 42.9 Å². The lowest BCUT2D eigenvalue weighted by molar-refractivity contribution is 0.0746. The van der Waals surface area contributed by atoms with Crippen LogP contribution in [0.1, 0.15) is 26.3 Å². The van der Waals surface area contributed by atoms with E-state index < -0.39 is 11.7 Å². The maximum Gasteiger partial charge on any atom is 0.258 e. The highest BCUT2D eigenvalue weighted by Gasteiger charge is 2.22. The Balaban J connectivity index is 1.35. The van der Waals surface area contributed by atoms with Gasteiger partial charge in [0.25, 0.3) is 11.8 Å². The Hall–Kier alpha value is -4.18. The van der Waals surface area contributed by atoms with Gasteiger partial charge in [0.1, 0.15) is 5.82 Å². The first-order chi connectivity index (χ1) is 15.5. The molecule has 1 fully saturated rings. The highest BCUT2D eigenvalue weighted by molar-refractivity contribution is 6.04. The molecule has 32 heavy (non-hydrogen) atoms. The molecule has 0 radical (unpaired) electrons. The van der Waals surface area contributed by atoms with Crippen molar-refractivity contribution >= 4 is 23.2 Å². The van der Waals surface area contributed by atoms with E-state index in [1.807, 2.05) is 53.4 Å². The van der Waals surface area contributed by atoms with E-state index in [-0.39, 0.29) is 17.0 Å². The van der Waals surface area contributed by atoms with Gasteiger partial charge < -0.3 is 15.1 Å². The van der Waals surface area contributed by atoms with Crippen molar-refractivity contribution in [3.8, 4) is 6.07 Å². The Labute approximate surface area is 185 Å². The first-order valence-corrected chi connectivity index (χ1v) is 10.3. The zero-order valence-corrected chi connectivity index (χ0v) is 17.3. The summed E-state index contributed by atoms with van der Waals surface area (Å²) in [7, 11) is 0. The Kier molecular flexibility index (Phi) is 6.13. The lowest BCUT2D eigenvalue weighted by Gasteiger charge is -2.36. The third kappa shape index (κ3) is 4.60. The number of amides is 2. The van der Waals surface area contributed by atoms with Crippen LogP contribution in [0.15, 0.2) is 72.8 Å². The van der Waals surface area contributed by atoms with Gasteiger partial charge in [-0.2, -0.15) is 5.26 Å². The van der Waals surface area contributed by atoms with Gasteiger partial charge in [0, 0.05) is 43.1 Å². The second-order valence-corrected chi connectivity index (χ2v) is 7.45. The van der Waals surface area contributed by atoms with Crippen molar-refractivity contribution in [1.29, 1.82) is 5.26 Å². The molecule has 0 unspecified atom stereocenters. The molecule has 4 rings (SSSR count). The number of carbonyl (C=O) groups excluding carboxylic acids is 2. The third-order valence-corrected chi connectivity index (χ3v) is 5.42. The lowest BCUT2D eigenvalue weighted by Crippen LogP contribution is -2.48. The summed E-state index contributed by atoms with van der Waals surface area (Å²) in [6.07, 6.45) is 0. The number of hydrogen-bond donors (Lipinski definition) is 1. The normalized spacial score (nSPS) is 13.4. The van der Waals surface area contributed by atoms with Crippen molar-refractivity contribution in [2.75, 3.05) is 36.4 Å². The van der Waals surface area contributed by atoms with Crippen molar-refractivity contribution < 1.29 is 14.0 Å². The van der Waals surface area contributed by atoms with Gasteiger partial charge in [0.05, 0.1) is 17.2 Å². The van der Waals surface area contributed by atoms with Crippen molar-refractivity contribution in [2.24, 2.45) is 0 Å². The summed E-state index contributed by atoms with van der Waals surface area (Å²) in [5.41, 5.74) is 2.26. The molecule has 6 nitrogen and oxygen atoms in total. The predicted octanol–water partition coefficient (Wildman–Crippen LogP) is 3.91. The van der Waals surface area contributed by atoms with E-state index in [0.717, 1.165) is 11.8 Å². The second kappa shape index (κ2) is 9.31. The van der Waals surface area contributed by atoms with Gasteiger partial charge in [-0.25, -0.2) is 4.39 Å². The molecule has 3 aromatic carbocycles. The number of benzene rings is 3. The van der Waals surface area contributed by atoms with Crippen LogP contribution in [-0.2, 0) is 0 Å². The van der Waals surface area contributed by atoms with Crippen LogP contribution < -0.4 is 10.2 Å². The predicted molar refractivity (Wildman–Crippen MR) is 120 cm³/mol. The maximum atomic E-state index is 14.0. The molecule has 1 heterocycles. The fraction of sp³-hybridized carbons (Fsp3) is 0.160. The zero-order chi connectivity index (χ0) is 22.5. The molecule has 3 aromatic rings. The van der Waals surface area contributed by atoms with Gasteiger partial charge in [-0.05, 0) is 54.6 Å². The summed E-state index contributed by atoms with van der Waals surface area (Å²) in [6, 6.07) is 22.1. The average molecular weight is 428 g/mol. The van der Waals surface area contributed by atoms with Crippen molar-refractivity contribution in [3.63, 3.8) is 0 Å². The monoisotopic (exact) mass is 428 g/mol. The van der Waals surface area contributed by atoms with Crippen LogP contribution >= 0.6 is 0 Å². The number of nitriles is 1. The largest absolute Gasteiger partial charge is 0.368 e. The Morgan fingerprint density at radius 2 is 1.59 bits per heavy atom. The van der Waals surface area contributed by atoms with Crippen LogP contribution in [0.4, 0.5) is 15.8 Å². The number of anilines is 2. The van der Waals surface area contributed by atoms with Crippen LogP contribution in [0.25, 0.3) is 0 Å². The van der Waals surface area contributed by atoms with Crippen LogP contribution in [0.5, 0.6) is 0 Å². The maximum absolute atomic E-state index is 14.0. The standard InChI is InChI=1S/C25H21FN4O2/c26-23-16-18(17-27)6-11-22(23)24(31)28-20-7-9-21(10-8-20)29-12-14-30(15-13-29)25(32)19-4-2-1-3-5-19/h1-11,16H,12-15H2,(H,28,31). The molecule has 7 heteroatoms. The molecule has 160 valence electrons. The molecule has 0 aromatic heterocycles. The van der Waals surface area contributed by atoms with Gasteiger partial charge in [-0.3, -0.25) is 9.59 Å². The van der Waals surface area contributed by atoms with Crippen molar-refractivity contribution in [3.05, 3.63) is 95.3 Å². The van der Waals surface area contributed by atoms with E-state index in [9.17, 15) is 14.0 Å². The molecule has 1 aliphatic heterocycles. The number of halogens is 1. The van der Waals surface area contributed by atoms with Crippen LogP contribution in [0.3, 0.4) is 0 Å². The fourth-order valence-electron chi connectivity index (χ4n) is 3.65. The van der Waals surface area contributed by atoms with Crippen molar-refractivity contribution in [1.82, 2.24) is 4.90 Å². The first-order valence-electron chi connectivity index (χ1n) is 10.3. The molecule has 0 atom stereocenters. The molecule has 0 saturated carbocycles. The summed E-state index contributed by atoms with van der Waals surface area (Å²) >= 11 is 0. The smallest absolute Gasteiger partial charge is 0.258 e. The highest BCUT2D eigenvalue weighted by Crippen LogP contribution is 2.21. The topological polar surface area (TPSA) is 76.4 Å². The van der Waals surface area contributed by atoms with Gasteiger partial charge in [-0.1, -0.05) is 18.2 Å². The van der Waals surface area contributed by atoms with Crippen molar-refractivity contribution in [2.45, 2.75) is 0 Å². The molecular formula is C25H21FN4O2. The van der Waals surface area contributed by atoms with E-state index in [4.69, 9.17) is 5.26 Å². The van der Waals surface area contributed by atoms with E-state index in [2.05, 4.69) is 10.2 Å². The summed E-state index contributed by atoms with van der Waals surface area (Å²) in [5.74, 6) is -1.27. The summed E-state index contributed by atoms with van der Waals surface area (Å²) < 4.78 is 14.0. The van der Waals surface area contributed by atoms with Crippen LogP contribution in [0.2, 0.25) is 0 Å². The number of nitrogens with zero attached hydrogens (tertiary/aromatic N) is 3. The fourth-order valence-corrected chi connectivity index (χ4v) is 3.65. The van der Waals surface area contributed by atoms with Gasteiger partial charge >= 0.3 is 0 Å². The molecular weight excluding hydrogens is 407 g/mol. The molecule has 2 amide bonds. The second-order valence-electron chi connectivity index (χ2n) is 7.45. The molecule has 1 aliphatic rings. The van der Waals surface area contributed by atoms with E-state index in [1.165, 1.54) is 12.1 Å². The number of nitrogens with one attached hydrogen (secondary N) is 1. The summed E-state index contributed by atoms with van der Waals surface area (Å²) in [6.45, 7) is 2.68. The Bertz CT molecular complexity index is 1160. The molecule has 1 saturated heterocycles. The first kappa shape index (κ1) is 21.1. The molecule has 0 aliphatic carbocycles. The van der Waals surface area contributed by atoms with Gasteiger partial charge in [-0.15, -0.1) is 0 Å². The minimum absolute atomic E-state index is 0.0401. The van der Waals surface area contributed by atoms with E-state index in [0.29, 0.717) is 37.4 Å². The van der Waals surface area contributed by atoms with E-state index >= 15 is 0 Å². The zero-order valence-electron chi connectivity index (χ0n) is 17.3. The van der Waals surface area contributed by atoms with Gasteiger partial charge in [0.15, 0.2) is 0 Å². The number of hydrogen-bond acceptors (Lipinski definition) is 4. The number of rotatable bonds is 4. The molecule has 0 bridgehead atoms. The third-order valence-electron chi connectivity index (χ3n) is 5.42. The summed E-state index contributed by atoms with van der Waals surface area (Å²) in [5, 5.41) is 11.5. The SMILES string of the molecule is N#Cc1ccc(C(=O)Nc2ccc(N3CCN(C(=O)c4ccccc4)CC3)cc2)c(F)c1. The number of piperazine rings is 1. The highest BCUT2D eigenvalue weighted by atomic mass is 19.1. The quantitative estimate of drug-likeness (QED) is 0.684. The minimum Gasteiger partial charge on any atom is -0.368 e. The summed E-state index contributed by atoms with van der Waals surface area (Å²) in [4.78, 5) is 29.0. The van der Waals surface area contributed by atoms with Crippen LogP contribution in [0, 0.1) is 17.1 Å². The Morgan fingerprint density at radius 3 is 2.22 bits per heavy atom. The Morgan fingerprint density at radius 1 is 0.906 bits per heavy atom. The van der Waals surface area contributed by atoms with Gasteiger partial charge in [0.2, 0.25) is 0 Å². The minimum atomic E-state index is -0.735. The lowest BCUT2D eigenvalue weighted by atomic mass is 10.1. The van der Waals surface area contributed by atoms with E-state index in [1.54, 1.807) is 12.1 Å². The molecule has 0 spiro atoms. The average Bonchev–Trinajstić information content (AvgIpc) is 2.84. The number of carbonyl (C=O) groups is 2.